The van der Waals surface area contributed by atoms with Gasteiger partial charge >= 0.3 is 0 Å². The second-order valence-corrected chi connectivity index (χ2v) is 6.43. The van der Waals surface area contributed by atoms with Crippen LogP contribution >= 0.6 is 11.8 Å². The third-order valence-corrected chi connectivity index (χ3v) is 4.35. The zero-order valence-corrected chi connectivity index (χ0v) is 13.7. The molecule has 3 N–H and O–H groups in total. The lowest BCUT2D eigenvalue weighted by atomic mass is 9.95. The fourth-order valence-electron chi connectivity index (χ4n) is 2.65. The molecular formula is C16H21N3OS. The molecule has 5 heteroatoms. The van der Waals surface area contributed by atoms with E-state index in [0.717, 1.165) is 5.69 Å². The molecule has 0 saturated carbocycles. The summed E-state index contributed by atoms with van der Waals surface area (Å²) in [4.78, 5) is 18.5. The topological polar surface area (TPSA) is 71.8 Å². The van der Waals surface area contributed by atoms with Crippen LogP contribution < -0.4 is 11.3 Å². The van der Waals surface area contributed by atoms with Crippen molar-refractivity contribution in [1.82, 2.24) is 9.97 Å². The lowest BCUT2D eigenvalue weighted by Gasteiger charge is -2.18. The Morgan fingerprint density at radius 1 is 1.19 bits per heavy atom. The summed E-state index contributed by atoms with van der Waals surface area (Å²) in [7, 11) is 0. The number of hydrogen-bond acceptors (Lipinski definition) is 4. The number of aryl methyl sites for hydroxylation is 4. The molecular weight excluding hydrogens is 282 g/mol. The summed E-state index contributed by atoms with van der Waals surface area (Å²) >= 11 is 1.48. The van der Waals surface area contributed by atoms with Crippen LogP contribution in [-0.4, -0.2) is 15.7 Å². The van der Waals surface area contributed by atoms with Gasteiger partial charge in [0.2, 0.25) is 0 Å². The molecule has 21 heavy (non-hydrogen) atoms. The van der Waals surface area contributed by atoms with Gasteiger partial charge in [0.15, 0.2) is 5.16 Å². The van der Waals surface area contributed by atoms with E-state index in [4.69, 9.17) is 5.73 Å². The summed E-state index contributed by atoms with van der Waals surface area (Å²) in [5.74, 6) is 0.678. The molecule has 0 bridgehead atoms. The molecule has 0 aliphatic heterocycles. The van der Waals surface area contributed by atoms with Crippen LogP contribution in [0.2, 0.25) is 0 Å². The Morgan fingerprint density at radius 2 is 1.81 bits per heavy atom. The second-order valence-electron chi connectivity index (χ2n) is 5.42. The van der Waals surface area contributed by atoms with Crippen molar-refractivity contribution in [2.45, 2.75) is 38.9 Å². The van der Waals surface area contributed by atoms with Gasteiger partial charge in [-0.15, -0.1) is 0 Å². The van der Waals surface area contributed by atoms with E-state index in [0.29, 0.717) is 10.9 Å². The molecule has 0 radical (unpaired) electrons. The SMILES string of the molecule is Cc1cc(C)c(C(N)CSc2nc(C)cc(=O)[nH]2)c(C)c1. The fourth-order valence-corrected chi connectivity index (χ4v) is 3.53. The molecule has 0 aliphatic rings. The first-order chi connectivity index (χ1) is 9.86. The van der Waals surface area contributed by atoms with Crippen LogP contribution in [0.3, 0.4) is 0 Å². The quantitative estimate of drug-likeness (QED) is 0.673. The molecule has 0 spiro atoms. The zero-order valence-electron chi connectivity index (χ0n) is 12.9. The molecule has 2 aromatic rings. The Morgan fingerprint density at radius 3 is 2.38 bits per heavy atom. The third-order valence-electron chi connectivity index (χ3n) is 3.36. The highest BCUT2D eigenvalue weighted by molar-refractivity contribution is 7.99. The van der Waals surface area contributed by atoms with Gasteiger partial charge in [0, 0.05) is 23.6 Å². The molecule has 4 nitrogen and oxygen atoms in total. The number of nitrogens with one attached hydrogen (secondary N) is 1. The van der Waals surface area contributed by atoms with Gasteiger partial charge in [-0.2, -0.15) is 0 Å². The number of benzene rings is 1. The average molecular weight is 303 g/mol. The van der Waals surface area contributed by atoms with Crippen molar-refractivity contribution in [3.05, 3.63) is 56.5 Å². The monoisotopic (exact) mass is 303 g/mol. The fraction of sp³-hybridized carbons (Fsp3) is 0.375. The van der Waals surface area contributed by atoms with Gasteiger partial charge in [-0.05, 0) is 44.4 Å². The zero-order chi connectivity index (χ0) is 15.6. The van der Waals surface area contributed by atoms with Crippen molar-refractivity contribution in [1.29, 1.82) is 0 Å². The van der Waals surface area contributed by atoms with Gasteiger partial charge in [0.25, 0.3) is 5.56 Å². The Hall–Kier alpha value is -1.59. The van der Waals surface area contributed by atoms with Gasteiger partial charge in [-0.25, -0.2) is 4.98 Å². The minimum Gasteiger partial charge on any atom is -0.323 e. The van der Waals surface area contributed by atoms with Crippen molar-refractivity contribution in [3.63, 3.8) is 0 Å². The number of nitrogens with two attached hydrogens (primary N) is 1. The highest BCUT2D eigenvalue weighted by Gasteiger charge is 2.13. The minimum absolute atomic E-state index is 0.0820. The van der Waals surface area contributed by atoms with Crippen LogP contribution in [-0.2, 0) is 0 Å². The maximum atomic E-state index is 11.4. The summed E-state index contributed by atoms with van der Waals surface area (Å²) in [6, 6.07) is 5.71. The Bertz CT molecular complexity index is 686. The maximum absolute atomic E-state index is 11.4. The van der Waals surface area contributed by atoms with E-state index in [9.17, 15) is 4.79 Å². The van der Waals surface area contributed by atoms with E-state index >= 15 is 0 Å². The molecule has 0 aliphatic carbocycles. The summed E-state index contributed by atoms with van der Waals surface area (Å²) in [5, 5.41) is 0.623. The summed E-state index contributed by atoms with van der Waals surface area (Å²) in [6.45, 7) is 8.08. The average Bonchev–Trinajstić information content (AvgIpc) is 2.34. The summed E-state index contributed by atoms with van der Waals surface area (Å²) in [6.07, 6.45) is 0. The van der Waals surface area contributed by atoms with Gasteiger partial charge in [0.1, 0.15) is 0 Å². The summed E-state index contributed by atoms with van der Waals surface area (Å²) in [5.41, 5.74) is 11.8. The molecule has 112 valence electrons. The van der Waals surface area contributed by atoms with Crippen LogP contribution in [0, 0.1) is 27.7 Å². The molecule has 1 unspecified atom stereocenters. The first-order valence-corrected chi connectivity index (χ1v) is 7.89. The number of nitrogens with zero attached hydrogens (tertiary/aromatic N) is 1. The molecule has 0 saturated heterocycles. The summed E-state index contributed by atoms with van der Waals surface area (Å²) < 4.78 is 0. The number of rotatable bonds is 4. The Labute approximate surface area is 129 Å². The van der Waals surface area contributed by atoms with Crippen LogP contribution in [0.4, 0.5) is 0 Å². The number of aromatic amines is 1. The molecule has 1 heterocycles. The second kappa shape index (κ2) is 6.45. The lowest BCUT2D eigenvalue weighted by Crippen LogP contribution is -2.17. The number of thioether (sulfide) groups is 1. The normalized spacial score (nSPS) is 12.4. The highest BCUT2D eigenvalue weighted by atomic mass is 32.2. The van der Waals surface area contributed by atoms with Gasteiger partial charge < -0.3 is 10.7 Å². The number of aromatic nitrogens is 2. The van der Waals surface area contributed by atoms with Crippen molar-refractivity contribution in [3.8, 4) is 0 Å². The van der Waals surface area contributed by atoms with Crippen molar-refractivity contribution in [2.24, 2.45) is 5.73 Å². The maximum Gasteiger partial charge on any atom is 0.251 e. The van der Waals surface area contributed by atoms with Crippen molar-refractivity contribution in [2.75, 3.05) is 5.75 Å². The van der Waals surface area contributed by atoms with E-state index in [-0.39, 0.29) is 11.6 Å². The smallest absolute Gasteiger partial charge is 0.251 e. The van der Waals surface area contributed by atoms with Crippen molar-refractivity contribution < 1.29 is 0 Å². The van der Waals surface area contributed by atoms with E-state index in [1.54, 1.807) is 0 Å². The lowest BCUT2D eigenvalue weighted by molar-refractivity contribution is 0.807. The van der Waals surface area contributed by atoms with E-state index in [1.165, 1.54) is 40.1 Å². The minimum atomic E-state index is -0.124. The standard InChI is InChI=1S/C16H21N3OS/c1-9-5-10(2)15(11(3)6-9)13(17)8-21-16-18-12(4)7-14(20)19-16/h5-7,13H,8,17H2,1-4H3,(H,18,19,20). The van der Waals surface area contributed by atoms with Crippen LogP contribution in [0.5, 0.6) is 0 Å². The predicted molar refractivity (Wildman–Crippen MR) is 87.9 cm³/mol. The molecule has 0 amide bonds. The molecule has 0 fully saturated rings. The largest absolute Gasteiger partial charge is 0.323 e. The third kappa shape index (κ3) is 3.95. The molecule has 1 aromatic heterocycles. The first kappa shape index (κ1) is 15.8. The van der Waals surface area contributed by atoms with Gasteiger partial charge in [-0.1, -0.05) is 29.5 Å². The highest BCUT2D eigenvalue weighted by Crippen LogP contribution is 2.26. The van der Waals surface area contributed by atoms with E-state index in [2.05, 4.69) is 42.9 Å². The number of H-pyrrole nitrogens is 1. The number of hydrogen-bond donors (Lipinski definition) is 2. The van der Waals surface area contributed by atoms with Gasteiger partial charge in [-0.3, -0.25) is 4.79 Å². The predicted octanol–water partition coefficient (Wildman–Crippen LogP) is 2.80. The van der Waals surface area contributed by atoms with E-state index < -0.39 is 0 Å². The van der Waals surface area contributed by atoms with E-state index in [1.807, 2.05) is 6.92 Å². The van der Waals surface area contributed by atoms with Crippen molar-refractivity contribution >= 4 is 11.8 Å². The van der Waals surface area contributed by atoms with Crippen LogP contribution in [0.1, 0.15) is 34.0 Å². The molecule has 1 aromatic carbocycles. The van der Waals surface area contributed by atoms with Crippen LogP contribution in [0.25, 0.3) is 0 Å². The molecule has 1 atom stereocenters. The first-order valence-electron chi connectivity index (χ1n) is 6.91. The molecule has 2 rings (SSSR count). The van der Waals surface area contributed by atoms with Gasteiger partial charge in [0.05, 0.1) is 0 Å². The Kier molecular flexibility index (Phi) is 4.85. The Balaban J connectivity index is 2.15. The van der Waals surface area contributed by atoms with Crippen LogP contribution in [0.15, 0.2) is 28.2 Å².